The normalized spacial score (nSPS) is 13.1. The first kappa shape index (κ1) is 14.2. The Bertz CT molecular complexity index is 251. The van der Waals surface area contributed by atoms with Crippen LogP contribution in [0, 0.1) is 0 Å². The Hall–Kier alpha value is 0.160. The highest BCUT2D eigenvalue weighted by molar-refractivity contribution is 7.89. The molecular formula is C8H18ClNO3S. The van der Waals surface area contributed by atoms with E-state index in [0.717, 1.165) is 0 Å². The fourth-order valence-corrected chi connectivity index (χ4v) is 2.67. The predicted octanol–water partition coefficient (Wildman–Crippen LogP) is 0.696. The average Bonchev–Trinajstić information content (AvgIpc) is 2.03. The molecule has 86 valence electrons. The molecule has 0 atom stereocenters. The maximum atomic E-state index is 11.4. The van der Waals surface area contributed by atoms with Crippen molar-refractivity contribution < 1.29 is 13.5 Å². The van der Waals surface area contributed by atoms with Gasteiger partial charge in [0.2, 0.25) is 10.0 Å². The third-order valence-electron chi connectivity index (χ3n) is 1.62. The van der Waals surface area contributed by atoms with Crippen LogP contribution >= 0.6 is 11.6 Å². The summed E-state index contributed by atoms with van der Waals surface area (Å²) in [4.78, 5) is 0. The minimum absolute atomic E-state index is 0.0587. The Labute approximate surface area is 90.7 Å². The number of hydrogen-bond donors (Lipinski definition) is 2. The molecule has 0 spiro atoms. The quantitative estimate of drug-likeness (QED) is 0.511. The van der Waals surface area contributed by atoms with Crippen LogP contribution in [0.25, 0.3) is 0 Å². The maximum Gasteiger partial charge on any atom is 0.212 e. The molecule has 0 aromatic rings. The molecule has 0 heterocycles. The van der Waals surface area contributed by atoms with Gasteiger partial charge in [-0.25, -0.2) is 13.1 Å². The van der Waals surface area contributed by atoms with Gasteiger partial charge in [-0.1, -0.05) is 0 Å². The van der Waals surface area contributed by atoms with Crippen molar-refractivity contribution in [2.45, 2.75) is 32.2 Å². The van der Waals surface area contributed by atoms with E-state index in [1.54, 1.807) is 13.8 Å². The summed E-state index contributed by atoms with van der Waals surface area (Å²) >= 11 is 5.44. The lowest BCUT2D eigenvalue weighted by Crippen LogP contribution is -2.47. The van der Waals surface area contributed by atoms with Gasteiger partial charge in [0.1, 0.15) is 0 Å². The molecule has 0 aliphatic heterocycles. The van der Waals surface area contributed by atoms with Crippen LogP contribution in [0.4, 0.5) is 0 Å². The molecule has 4 nitrogen and oxygen atoms in total. The Balaban J connectivity index is 4.08. The van der Waals surface area contributed by atoms with Crippen LogP contribution in [0.1, 0.15) is 26.7 Å². The van der Waals surface area contributed by atoms with E-state index in [2.05, 4.69) is 4.72 Å². The Morgan fingerprint density at radius 2 is 1.93 bits per heavy atom. The zero-order valence-corrected chi connectivity index (χ0v) is 10.2. The topological polar surface area (TPSA) is 66.4 Å². The number of hydrogen-bond acceptors (Lipinski definition) is 3. The summed E-state index contributed by atoms with van der Waals surface area (Å²) in [7, 11) is -3.29. The van der Waals surface area contributed by atoms with Crippen LogP contribution < -0.4 is 4.72 Å². The molecule has 0 unspecified atom stereocenters. The molecule has 0 aromatic carbocycles. The standard InChI is InChI=1S/C8H18ClNO3S/c1-8(2,7-11)10-14(12,13)6-4-3-5-9/h10-11H,3-7H2,1-2H3. The SMILES string of the molecule is CC(C)(CO)NS(=O)(=O)CCCCCl. The molecule has 0 aliphatic carbocycles. The molecular weight excluding hydrogens is 226 g/mol. The van der Waals surface area contributed by atoms with Gasteiger partial charge in [-0.05, 0) is 26.7 Å². The lowest BCUT2D eigenvalue weighted by Gasteiger charge is -2.22. The second-order valence-electron chi connectivity index (χ2n) is 3.86. The lowest BCUT2D eigenvalue weighted by atomic mass is 10.1. The fourth-order valence-electron chi connectivity index (χ4n) is 0.891. The second-order valence-corrected chi connectivity index (χ2v) is 6.08. The van der Waals surface area contributed by atoms with Crippen molar-refractivity contribution in [3.8, 4) is 0 Å². The van der Waals surface area contributed by atoms with E-state index in [0.29, 0.717) is 18.7 Å². The highest BCUT2D eigenvalue weighted by Crippen LogP contribution is 2.05. The van der Waals surface area contributed by atoms with E-state index in [9.17, 15) is 8.42 Å². The van der Waals surface area contributed by atoms with Crippen LogP contribution in [0.5, 0.6) is 0 Å². The molecule has 0 fully saturated rings. The van der Waals surface area contributed by atoms with Crippen molar-refractivity contribution in [3.63, 3.8) is 0 Å². The fraction of sp³-hybridized carbons (Fsp3) is 1.00. The van der Waals surface area contributed by atoms with Gasteiger partial charge in [0.05, 0.1) is 17.9 Å². The number of rotatable bonds is 7. The minimum atomic E-state index is -3.29. The Morgan fingerprint density at radius 3 is 2.36 bits per heavy atom. The highest BCUT2D eigenvalue weighted by Gasteiger charge is 2.23. The van der Waals surface area contributed by atoms with Crippen molar-refractivity contribution in [2.75, 3.05) is 18.2 Å². The third kappa shape index (κ3) is 6.59. The summed E-state index contributed by atoms with van der Waals surface area (Å²) in [6.07, 6.45) is 1.22. The van der Waals surface area contributed by atoms with Crippen LogP contribution in [0.15, 0.2) is 0 Å². The van der Waals surface area contributed by atoms with Gasteiger partial charge in [0.15, 0.2) is 0 Å². The Morgan fingerprint density at radius 1 is 1.36 bits per heavy atom. The number of unbranched alkanes of at least 4 members (excludes halogenated alkanes) is 1. The monoisotopic (exact) mass is 243 g/mol. The molecule has 0 aliphatic rings. The van der Waals surface area contributed by atoms with E-state index in [1.165, 1.54) is 0 Å². The van der Waals surface area contributed by atoms with Crippen LogP contribution in [0.2, 0.25) is 0 Å². The molecule has 0 bridgehead atoms. The number of sulfonamides is 1. The van der Waals surface area contributed by atoms with Crippen LogP contribution in [-0.4, -0.2) is 37.3 Å². The van der Waals surface area contributed by atoms with Crippen molar-refractivity contribution in [2.24, 2.45) is 0 Å². The molecule has 0 saturated heterocycles. The zero-order chi connectivity index (χ0) is 11.2. The van der Waals surface area contributed by atoms with E-state index in [-0.39, 0.29) is 12.4 Å². The Kier molecular flexibility index (Phi) is 5.97. The maximum absolute atomic E-state index is 11.4. The van der Waals surface area contributed by atoms with Crippen molar-refractivity contribution >= 4 is 21.6 Å². The number of aliphatic hydroxyl groups excluding tert-OH is 1. The molecule has 0 saturated carbocycles. The van der Waals surface area contributed by atoms with E-state index in [4.69, 9.17) is 16.7 Å². The first-order chi connectivity index (χ1) is 6.33. The molecule has 14 heavy (non-hydrogen) atoms. The van der Waals surface area contributed by atoms with Gasteiger partial charge < -0.3 is 5.11 Å². The summed E-state index contributed by atoms with van der Waals surface area (Å²) in [5, 5.41) is 8.88. The predicted molar refractivity (Wildman–Crippen MR) is 58.0 cm³/mol. The number of aliphatic hydroxyl groups is 1. The molecule has 2 N–H and O–H groups in total. The number of alkyl halides is 1. The van der Waals surface area contributed by atoms with Crippen molar-refractivity contribution in [1.82, 2.24) is 4.72 Å². The van der Waals surface area contributed by atoms with E-state index < -0.39 is 15.6 Å². The van der Waals surface area contributed by atoms with Crippen LogP contribution in [0.3, 0.4) is 0 Å². The lowest BCUT2D eigenvalue weighted by molar-refractivity contribution is 0.208. The zero-order valence-electron chi connectivity index (χ0n) is 8.59. The highest BCUT2D eigenvalue weighted by atomic mass is 35.5. The van der Waals surface area contributed by atoms with Gasteiger partial charge >= 0.3 is 0 Å². The largest absolute Gasteiger partial charge is 0.394 e. The average molecular weight is 244 g/mol. The first-order valence-electron chi connectivity index (χ1n) is 4.51. The number of halogens is 1. The van der Waals surface area contributed by atoms with Gasteiger partial charge in [0.25, 0.3) is 0 Å². The van der Waals surface area contributed by atoms with E-state index >= 15 is 0 Å². The van der Waals surface area contributed by atoms with Gasteiger partial charge in [-0.2, -0.15) is 0 Å². The summed E-state index contributed by atoms with van der Waals surface area (Å²) < 4.78 is 25.2. The molecule has 0 rings (SSSR count). The summed E-state index contributed by atoms with van der Waals surface area (Å²) in [6.45, 7) is 3.04. The third-order valence-corrected chi connectivity index (χ3v) is 3.58. The number of nitrogens with one attached hydrogen (secondary N) is 1. The summed E-state index contributed by atoms with van der Waals surface area (Å²) in [5.41, 5.74) is -0.792. The second kappa shape index (κ2) is 5.90. The summed E-state index contributed by atoms with van der Waals surface area (Å²) in [5.74, 6) is 0.530. The molecule has 6 heteroatoms. The van der Waals surface area contributed by atoms with Crippen molar-refractivity contribution in [1.29, 1.82) is 0 Å². The van der Waals surface area contributed by atoms with Gasteiger partial charge in [-0.3, -0.25) is 0 Å². The van der Waals surface area contributed by atoms with Crippen molar-refractivity contribution in [3.05, 3.63) is 0 Å². The molecule has 0 radical (unpaired) electrons. The minimum Gasteiger partial charge on any atom is -0.394 e. The van der Waals surface area contributed by atoms with Crippen LogP contribution in [-0.2, 0) is 10.0 Å². The molecule has 0 amide bonds. The smallest absolute Gasteiger partial charge is 0.212 e. The first-order valence-corrected chi connectivity index (χ1v) is 6.70. The van der Waals surface area contributed by atoms with E-state index in [1.807, 2.05) is 0 Å². The van der Waals surface area contributed by atoms with Gasteiger partial charge in [-0.15, -0.1) is 11.6 Å². The summed E-state index contributed by atoms with van der Waals surface area (Å²) in [6, 6.07) is 0. The molecule has 0 aromatic heterocycles. The van der Waals surface area contributed by atoms with Gasteiger partial charge in [0, 0.05) is 5.88 Å².